The van der Waals surface area contributed by atoms with E-state index in [1.165, 1.54) is 25.7 Å². The van der Waals surface area contributed by atoms with Gasteiger partial charge in [-0.15, -0.1) is 0 Å². The van der Waals surface area contributed by atoms with Crippen molar-refractivity contribution in [2.24, 2.45) is 11.3 Å². The fraction of sp³-hybridized carbons (Fsp3) is 1.00. The predicted molar refractivity (Wildman–Crippen MR) is 74.2 cm³/mol. The largest absolute Gasteiger partial charge is 0.374 e. The Hall–Kier alpha value is 0.440. The minimum atomic E-state index is 0.128. The summed E-state index contributed by atoms with van der Waals surface area (Å²) in [6, 6.07) is 0. The molecule has 0 saturated heterocycles. The SMILES string of the molecule is CC1CCCC(CBr)(OCCC(C)(C)C)C1. The molecule has 0 radical (unpaired) electrons. The van der Waals surface area contributed by atoms with E-state index in [9.17, 15) is 0 Å². The van der Waals surface area contributed by atoms with Crippen LogP contribution in [-0.4, -0.2) is 17.5 Å². The van der Waals surface area contributed by atoms with Crippen LogP contribution in [0.4, 0.5) is 0 Å². The van der Waals surface area contributed by atoms with Crippen molar-refractivity contribution in [3.63, 3.8) is 0 Å². The van der Waals surface area contributed by atoms with Crippen molar-refractivity contribution in [1.82, 2.24) is 0 Å². The maximum atomic E-state index is 6.22. The third-order valence-corrected chi connectivity index (χ3v) is 4.58. The van der Waals surface area contributed by atoms with E-state index in [4.69, 9.17) is 4.74 Å². The van der Waals surface area contributed by atoms with Gasteiger partial charge in [-0.1, -0.05) is 56.5 Å². The lowest BCUT2D eigenvalue weighted by Crippen LogP contribution is -2.40. The summed E-state index contributed by atoms with van der Waals surface area (Å²) in [5.41, 5.74) is 0.511. The Morgan fingerprint density at radius 2 is 2.06 bits per heavy atom. The normalized spacial score (nSPS) is 31.7. The van der Waals surface area contributed by atoms with Crippen molar-refractivity contribution >= 4 is 15.9 Å². The highest BCUT2D eigenvalue weighted by atomic mass is 79.9. The smallest absolute Gasteiger partial charge is 0.0781 e. The number of hydrogen-bond donors (Lipinski definition) is 0. The van der Waals surface area contributed by atoms with Gasteiger partial charge < -0.3 is 4.74 Å². The van der Waals surface area contributed by atoms with Crippen LogP contribution in [0, 0.1) is 11.3 Å². The highest BCUT2D eigenvalue weighted by Gasteiger charge is 2.35. The van der Waals surface area contributed by atoms with Gasteiger partial charge in [-0.2, -0.15) is 0 Å². The van der Waals surface area contributed by atoms with E-state index in [2.05, 4.69) is 43.6 Å². The molecule has 0 aromatic heterocycles. The second-order valence-corrected chi connectivity index (χ2v) is 7.24. The first-order chi connectivity index (χ1) is 7.37. The molecule has 0 aliphatic heterocycles. The average molecular weight is 291 g/mol. The van der Waals surface area contributed by atoms with E-state index in [1.807, 2.05) is 0 Å². The van der Waals surface area contributed by atoms with Crippen molar-refractivity contribution < 1.29 is 4.74 Å². The first kappa shape index (κ1) is 14.5. The Balaban J connectivity index is 2.41. The molecule has 2 atom stereocenters. The van der Waals surface area contributed by atoms with Gasteiger partial charge in [0, 0.05) is 11.9 Å². The lowest BCUT2D eigenvalue weighted by molar-refractivity contribution is -0.0698. The van der Waals surface area contributed by atoms with E-state index in [1.54, 1.807) is 0 Å². The molecule has 16 heavy (non-hydrogen) atoms. The van der Waals surface area contributed by atoms with Gasteiger partial charge >= 0.3 is 0 Å². The van der Waals surface area contributed by atoms with Crippen molar-refractivity contribution in [3.8, 4) is 0 Å². The highest BCUT2D eigenvalue weighted by molar-refractivity contribution is 9.09. The number of alkyl halides is 1. The molecule has 1 fully saturated rings. The highest BCUT2D eigenvalue weighted by Crippen LogP contribution is 2.37. The Bertz CT molecular complexity index is 209. The summed E-state index contributed by atoms with van der Waals surface area (Å²) in [4.78, 5) is 0. The lowest BCUT2D eigenvalue weighted by Gasteiger charge is -2.39. The number of rotatable bonds is 4. The summed E-state index contributed by atoms with van der Waals surface area (Å²) in [7, 11) is 0. The van der Waals surface area contributed by atoms with Crippen LogP contribution in [0.3, 0.4) is 0 Å². The molecule has 0 spiro atoms. The van der Waals surface area contributed by atoms with Gasteiger partial charge in [0.1, 0.15) is 0 Å². The topological polar surface area (TPSA) is 9.23 Å². The van der Waals surface area contributed by atoms with Crippen LogP contribution < -0.4 is 0 Å². The maximum absolute atomic E-state index is 6.22. The van der Waals surface area contributed by atoms with Crippen molar-refractivity contribution in [3.05, 3.63) is 0 Å². The molecule has 2 heteroatoms. The van der Waals surface area contributed by atoms with E-state index in [0.29, 0.717) is 5.41 Å². The molecule has 1 saturated carbocycles. The quantitative estimate of drug-likeness (QED) is 0.677. The van der Waals surface area contributed by atoms with Crippen molar-refractivity contribution in [1.29, 1.82) is 0 Å². The zero-order valence-electron chi connectivity index (χ0n) is 11.3. The van der Waals surface area contributed by atoms with E-state index in [0.717, 1.165) is 24.3 Å². The van der Waals surface area contributed by atoms with Crippen LogP contribution in [0.25, 0.3) is 0 Å². The van der Waals surface area contributed by atoms with E-state index in [-0.39, 0.29) is 5.60 Å². The third kappa shape index (κ3) is 4.75. The predicted octanol–water partition coefficient (Wildman–Crippen LogP) is 4.78. The number of ether oxygens (including phenoxy) is 1. The Kier molecular flexibility index (Phi) is 5.31. The van der Waals surface area contributed by atoms with Gasteiger partial charge in [0.15, 0.2) is 0 Å². The second-order valence-electron chi connectivity index (χ2n) is 6.68. The minimum absolute atomic E-state index is 0.128. The maximum Gasteiger partial charge on any atom is 0.0781 e. The molecule has 0 amide bonds. The second kappa shape index (κ2) is 5.86. The molecule has 0 N–H and O–H groups in total. The summed E-state index contributed by atoms with van der Waals surface area (Å²) >= 11 is 3.65. The molecule has 0 aromatic carbocycles. The lowest BCUT2D eigenvalue weighted by atomic mass is 9.80. The zero-order chi connectivity index (χ0) is 12.2. The molecular formula is C14H27BrO. The summed E-state index contributed by atoms with van der Waals surface area (Å²) < 4.78 is 6.22. The molecule has 0 bridgehead atoms. The van der Waals surface area contributed by atoms with Crippen LogP contribution in [-0.2, 0) is 4.74 Å². The monoisotopic (exact) mass is 290 g/mol. The van der Waals surface area contributed by atoms with Crippen LogP contribution in [0.15, 0.2) is 0 Å². The van der Waals surface area contributed by atoms with E-state index >= 15 is 0 Å². The Labute approximate surface area is 109 Å². The molecule has 1 nitrogen and oxygen atoms in total. The Morgan fingerprint density at radius 1 is 1.38 bits per heavy atom. The molecule has 1 aliphatic rings. The van der Waals surface area contributed by atoms with Gasteiger partial charge in [0.05, 0.1) is 5.60 Å². The molecular weight excluding hydrogens is 264 g/mol. The summed E-state index contributed by atoms with van der Waals surface area (Å²) in [6.07, 6.45) is 6.30. The fourth-order valence-electron chi connectivity index (χ4n) is 2.48. The van der Waals surface area contributed by atoms with Crippen LogP contribution in [0.2, 0.25) is 0 Å². The minimum Gasteiger partial charge on any atom is -0.374 e. The zero-order valence-corrected chi connectivity index (χ0v) is 12.9. The Morgan fingerprint density at radius 3 is 2.56 bits per heavy atom. The first-order valence-corrected chi connectivity index (χ1v) is 7.69. The summed E-state index contributed by atoms with van der Waals surface area (Å²) in [5.74, 6) is 0.820. The van der Waals surface area contributed by atoms with Gasteiger partial charge in [0.2, 0.25) is 0 Å². The van der Waals surface area contributed by atoms with E-state index < -0.39 is 0 Å². The molecule has 0 aromatic rings. The van der Waals surface area contributed by atoms with Crippen LogP contribution in [0.1, 0.15) is 59.8 Å². The number of halogens is 1. The van der Waals surface area contributed by atoms with Crippen molar-refractivity contribution in [2.75, 3.05) is 11.9 Å². The third-order valence-electron chi connectivity index (χ3n) is 3.55. The molecule has 2 unspecified atom stereocenters. The molecule has 96 valence electrons. The average Bonchev–Trinajstić information content (AvgIpc) is 2.16. The van der Waals surface area contributed by atoms with Crippen molar-refractivity contribution in [2.45, 2.75) is 65.4 Å². The summed E-state index contributed by atoms with van der Waals surface area (Å²) in [5, 5.41) is 0.995. The van der Waals surface area contributed by atoms with Gasteiger partial charge in [-0.25, -0.2) is 0 Å². The summed E-state index contributed by atoms with van der Waals surface area (Å²) in [6.45, 7) is 10.1. The number of hydrogen-bond acceptors (Lipinski definition) is 1. The van der Waals surface area contributed by atoms with Crippen LogP contribution in [0.5, 0.6) is 0 Å². The first-order valence-electron chi connectivity index (χ1n) is 6.57. The van der Waals surface area contributed by atoms with Gasteiger partial charge in [-0.05, 0) is 30.6 Å². The van der Waals surface area contributed by atoms with Gasteiger partial charge in [-0.3, -0.25) is 0 Å². The standard InChI is InChI=1S/C14H27BrO/c1-12-6-5-7-14(10-12,11-15)16-9-8-13(2,3)4/h12H,5-11H2,1-4H3. The fourth-order valence-corrected chi connectivity index (χ4v) is 3.15. The molecule has 1 rings (SSSR count). The van der Waals surface area contributed by atoms with Gasteiger partial charge in [0.25, 0.3) is 0 Å². The van der Waals surface area contributed by atoms with Crippen LogP contribution >= 0.6 is 15.9 Å². The molecule has 1 aliphatic carbocycles. The molecule has 0 heterocycles.